The second-order valence-corrected chi connectivity index (χ2v) is 9.83. The molecule has 4 aliphatic rings. The van der Waals surface area contributed by atoms with E-state index < -0.39 is 0 Å². The second kappa shape index (κ2) is 7.12. The van der Waals surface area contributed by atoms with Crippen molar-refractivity contribution >= 4 is 5.91 Å². The highest BCUT2D eigenvalue weighted by atomic mass is 16.3. The third-order valence-electron chi connectivity index (χ3n) is 7.90. The summed E-state index contributed by atoms with van der Waals surface area (Å²) in [5.74, 6) is 2.61. The standard InChI is InChI=1S/C24H29N3O3/c28-23-19(14-25-12-17-3-1-4-18(17)13-25)6-7-21-20-9-16(11-27(21)23)10-26(15-20)24(29)22-5-2-8-30-22/h2,5-8,16-18,20H,1,3-4,9-15H2/t16-,17-,18+,20+/m0/s1. The summed E-state index contributed by atoms with van der Waals surface area (Å²) in [5, 5.41) is 0. The predicted octanol–water partition coefficient (Wildman–Crippen LogP) is 2.93. The molecule has 2 aromatic heterocycles. The van der Waals surface area contributed by atoms with E-state index in [0.717, 1.165) is 49.1 Å². The highest BCUT2D eigenvalue weighted by molar-refractivity contribution is 5.91. The Labute approximate surface area is 176 Å². The van der Waals surface area contributed by atoms with Crippen molar-refractivity contribution in [3.05, 3.63) is 57.9 Å². The Morgan fingerprint density at radius 1 is 1.03 bits per heavy atom. The van der Waals surface area contributed by atoms with Crippen molar-refractivity contribution in [1.82, 2.24) is 14.4 Å². The molecular formula is C24H29N3O3. The van der Waals surface area contributed by atoms with Crippen molar-refractivity contribution < 1.29 is 9.21 Å². The Bertz CT molecular complexity index is 999. The van der Waals surface area contributed by atoms with Crippen LogP contribution < -0.4 is 5.56 Å². The Hall–Kier alpha value is -2.34. The number of rotatable bonds is 3. The first-order valence-electron chi connectivity index (χ1n) is 11.4. The molecule has 0 spiro atoms. The molecule has 6 nitrogen and oxygen atoms in total. The molecule has 2 aromatic rings. The molecule has 0 radical (unpaired) electrons. The lowest BCUT2D eigenvalue weighted by atomic mass is 9.83. The van der Waals surface area contributed by atoms with Gasteiger partial charge in [-0.1, -0.05) is 12.5 Å². The summed E-state index contributed by atoms with van der Waals surface area (Å²) in [6.07, 6.45) is 6.70. The van der Waals surface area contributed by atoms with Crippen LogP contribution in [0, 0.1) is 17.8 Å². The largest absolute Gasteiger partial charge is 0.459 e. The van der Waals surface area contributed by atoms with Gasteiger partial charge in [-0.05, 0) is 55.2 Å². The maximum Gasteiger partial charge on any atom is 0.289 e. The number of hydrogen-bond acceptors (Lipinski definition) is 4. The molecule has 6 rings (SSSR count). The molecule has 4 atom stereocenters. The third kappa shape index (κ3) is 3.04. The van der Waals surface area contributed by atoms with Gasteiger partial charge in [-0.3, -0.25) is 14.5 Å². The lowest BCUT2D eigenvalue weighted by Crippen LogP contribution is -2.49. The summed E-state index contributed by atoms with van der Waals surface area (Å²) < 4.78 is 7.33. The number of pyridine rings is 1. The fourth-order valence-corrected chi connectivity index (χ4v) is 6.54. The molecule has 3 fully saturated rings. The number of furan rings is 1. The van der Waals surface area contributed by atoms with Gasteiger partial charge in [0.05, 0.1) is 6.26 Å². The molecule has 0 aromatic carbocycles. The molecule has 1 aliphatic carbocycles. The number of carbonyl (C=O) groups excluding carboxylic acids is 1. The Balaban J connectivity index is 1.22. The number of amides is 1. The van der Waals surface area contributed by atoms with E-state index in [1.807, 2.05) is 9.47 Å². The summed E-state index contributed by atoms with van der Waals surface area (Å²) in [6.45, 7) is 5.16. The topological polar surface area (TPSA) is 58.7 Å². The van der Waals surface area contributed by atoms with E-state index in [1.165, 1.54) is 19.3 Å². The molecule has 2 saturated heterocycles. The lowest BCUT2D eigenvalue weighted by molar-refractivity contribution is 0.0563. The first-order valence-corrected chi connectivity index (χ1v) is 11.4. The quantitative estimate of drug-likeness (QED) is 0.785. The van der Waals surface area contributed by atoms with Gasteiger partial charge < -0.3 is 13.9 Å². The molecular weight excluding hydrogens is 378 g/mol. The minimum Gasteiger partial charge on any atom is -0.459 e. The van der Waals surface area contributed by atoms with Crippen LogP contribution in [0.1, 0.15) is 53.4 Å². The summed E-state index contributed by atoms with van der Waals surface area (Å²) in [4.78, 5) is 30.5. The number of nitrogens with zero attached hydrogens (tertiary/aromatic N) is 3. The van der Waals surface area contributed by atoms with Crippen LogP contribution in [0.3, 0.4) is 0 Å². The van der Waals surface area contributed by atoms with Gasteiger partial charge in [-0.15, -0.1) is 0 Å². The zero-order valence-electron chi connectivity index (χ0n) is 17.3. The zero-order chi connectivity index (χ0) is 20.2. The average Bonchev–Trinajstić information content (AvgIpc) is 3.47. The number of aromatic nitrogens is 1. The fourth-order valence-electron chi connectivity index (χ4n) is 6.54. The normalized spacial score (nSPS) is 30.3. The number of likely N-dealkylation sites (tertiary alicyclic amines) is 2. The minimum atomic E-state index is -0.0401. The number of fused-ring (bicyclic) bond motifs is 5. The zero-order valence-corrected chi connectivity index (χ0v) is 17.3. The molecule has 3 aliphatic heterocycles. The van der Waals surface area contributed by atoms with E-state index in [0.29, 0.717) is 31.3 Å². The van der Waals surface area contributed by atoms with Gasteiger partial charge in [0.15, 0.2) is 5.76 Å². The van der Waals surface area contributed by atoms with Crippen molar-refractivity contribution in [3.63, 3.8) is 0 Å². The van der Waals surface area contributed by atoms with E-state index in [9.17, 15) is 9.59 Å². The fraction of sp³-hybridized carbons (Fsp3) is 0.583. The van der Waals surface area contributed by atoms with Gasteiger partial charge in [0.2, 0.25) is 0 Å². The smallest absolute Gasteiger partial charge is 0.289 e. The molecule has 0 unspecified atom stereocenters. The Morgan fingerprint density at radius 2 is 1.87 bits per heavy atom. The maximum absolute atomic E-state index is 13.3. The van der Waals surface area contributed by atoms with E-state index >= 15 is 0 Å². The molecule has 2 bridgehead atoms. The Kier molecular flexibility index (Phi) is 4.37. The van der Waals surface area contributed by atoms with Crippen molar-refractivity contribution in [2.45, 2.75) is 44.7 Å². The summed E-state index contributed by atoms with van der Waals surface area (Å²) >= 11 is 0. The predicted molar refractivity (Wildman–Crippen MR) is 112 cm³/mol. The number of piperidine rings is 1. The van der Waals surface area contributed by atoms with Crippen LogP contribution >= 0.6 is 0 Å². The van der Waals surface area contributed by atoms with Crippen molar-refractivity contribution in [3.8, 4) is 0 Å². The molecule has 1 amide bonds. The Morgan fingerprint density at radius 3 is 2.63 bits per heavy atom. The second-order valence-electron chi connectivity index (χ2n) is 9.83. The highest BCUT2D eigenvalue weighted by Gasteiger charge is 2.38. The SMILES string of the molecule is O=C(c1ccco1)N1C[C@@H]2C[C@H](C1)c1ccc(CN3C[C@H]4CCC[C@H]4C3)c(=O)n1C2. The first-order chi connectivity index (χ1) is 14.7. The molecule has 5 heterocycles. The highest BCUT2D eigenvalue weighted by Crippen LogP contribution is 2.39. The maximum atomic E-state index is 13.3. The van der Waals surface area contributed by atoms with Crippen LogP contribution in [-0.4, -0.2) is 46.5 Å². The van der Waals surface area contributed by atoms with Crippen LogP contribution in [0.15, 0.2) is 39.7 Å². The van der Waals surface area contributed by atoms with Crippen molar-refractivity contribution in [2.75, 3.05) is 26.2 Å². The third-order valence-corrected chi connectivity index (χ3v) is 7.90. The number of carbonyl (C=O) groups is 1. The van der Waals surface area contributed by atoms with Gasteiger partial charge in [0.25, 0.3) is 11.5 Å². The van der Waals surface area contributed by atoms with Gasteiger partial charge >= 0.3 is 0 Å². The van der Waals surface area contributed by atoms with Gasteiger partial charge in [-0.25, -0.2) is 0 Å². The van der Waals surface area contributed by atoms with E-state index in [4.69, 9.17) is 4.42 Å². The van der Waals surface area contributed by atoms with Gasteiger partial charge in [-0.2, -0.15) is 0 Å². The van der Waals surface area contributed by atoms with Gasteiger partial charge in [0, 0.05) is 56.4 Å². The minimum absolute atomic E-state index is 0.0401. The molecule has 6 heteroatoms. The van der Waals surface area contributed by atoms with Crippen molar-refractivity contribution in [1.29, 1.82) is 0 Å². The number of hydrogen-bond donors (Lipinski definition) is 0. The summed E-state index contributed by atoms with van der Waals surface area (Å²) in [6, 6.07) is 7.68. The van der Waals surface area contributed by atoms with E-state index in [2.05, 4.69) is 17.0 Å². The average molecular weight is 408 g/mol. The van der Waals surface area contributed by atoms with Crippen LogP contribution in [-0.2, 0) is 13.1 Å². The molecule has 158 valence electrons. The molecule has 1 saturated carbocycles. The van der Waals surface area contributed by atoms with Crippen LogP contribution in [0.5, 0.6) is 0 Å². The van der Waals surface area contributed by atoms with Gasteiger partial charge in [0.1, 0.15) is 0 Å². The summed E-state index contributed by atoms with van der Waals surface area (Å²) in [7, 11) is 0. The van der Waals surface area contributed by atoms with Crippen LogP contribution in [0.25, 0.3) is 0 Å². The van der Waals surface area contributed by atoms with E-state index in [1.54, 1.807) is 18.4 Å². The monoisotopic (exact) mass is 407 g/mol. The molecule has 30 heavy (non-hydrogen) atoms. The van der Waals surface area contributed by atoms with Crippen molar-refractivity contribution in [2.24, 2.45) is 17.8 Å². The lowest BCUT2D eigenvalue weighted by Gasteiger charge is -2.42. The first kappa shape index (κ1) is 18.4. The van der Waals surface area contributed by atoms with Crippen LogP contribution in [0.4, 0.5) is 0 Å². The van der Waals surface area contributed by atoms with E-state index in [-0.39, 0.29) is 17.4 Å². The molecule has 0 N–H and O–H groups in total. The van der Waals surface area contributed by atoms with Crippen LogP contribution in [0.2, 0.25) is 0 Å². The summed E-state index contributed by atoms with van der Waals surface area (Å²) in [5.41, 5.74) is 2.21.